The van der Waals surface area contributed by atoms with Gasteiger partial charge in [0.25, 0.3) is 0 Å². The first-order valence-electron chi connectivity index (χ1n) is 4.75. The molecule has 0 radical (unpaired) electrons. The van der Waals surface area contributed by atoms with Gasteiger partial charge in [0, 0.05) is 18.3 Å². The molecule has 0 aromatic rings. The highest BCUT2D eigenvalue weighted by molar-refractivity contribution is 7.98. The van der Waals surface area contributed by atoms with E-state index in [1.165, 1.54) is 0 Å². The van der Waals surface area contributed by atoms with Crippen LogP contribution in [-0.2, 0) is 4.79 Å². The molecule has 0 aromatic carbocycles. The van der Waals surface area contributed by atoms with Crippen molar-refractivity contribution in [3.8, 4) is 0 Å². The maximum absolute atomic E-state index is 11.6. The normalized spacial score (nSPS) is 27.5. The minimum absolute atomic E-state index is 0.182. The van der Waals surface area contributed by atoms with Crippen molar-refractivity contribution in [2.24, 2.45) is 5.92 Å². The smallest absolute Gasteiger partial charge is 0.224 e. The first-order valence-corrected chi connectivity index (χ1v) is 6.15. The molecule has 76 valence electrons. The van der Waals surface area contributed by atoms with E-state index in [1.807, 2.05) is 6.26 Å². The highest BCUT2D eigenvalue weighted by atomic mass is 32.2. The van der Waals surface area contributed by atoms with E-state index < -0.39 is 0 Å². The minimum atomic E-state index is 0.182. The van der Waals surface area contributed by atoms with Crippen molar-refractivity contribution in [1.82, 2.24) is 10.6 Å². The van der Waals surface area contributed by atoms with Crippen LogP contribution in [0, 0.1) is 5.92 Å². The maximum atomic E-state index is 11.6. The summed E-state index contributed by atoms with van der Waals surface area (Å²) in [5.41, 5.74) is 0. The first kappa shape index (κ1) is 10.9. The number of amides is 1. The first-order chi connectivity index (χ1) is 6.25. The van der Waals surface area contributed by atoms with Crippen LogP contribution in [0.1, 0.15) is 13.3 Å². The Morgan fingerprint density at radius 1 is 1.69 bits per heavy atom. The van der Waals surface area contributed by atoms with E-state index in [-0.39, 0.29) is 11.8 Å². The summed E-state index contributed by atoms with van der Waals surface area (Å²) in [5.74, 6) is 1.40. The molecule has 1 amide bonds. The van der Waals surface area contributed by atoms with Crippen LogP contribution in [0.4, 0.5) is 0 Å². The molecule has 1 heterocycles. The van der Waals surface area contributed by atoms with E-state index in [4.69, 9.17) is 0 Å². The average molecular weight is 202 g/mol. The molecule has 1 rings (SSSR count). The van der Waals surface area contributed by atoms with Crippen molar-refractivity contribution in [2.45, 2.75) is 19.4 Å². The Kier molecular flexibility index (Phi) is 4.59. The number of rotatable bonds is 4. The van der Waals surface area contributed by atoms with Crippen molar-refractivity contribution in [2.75, 3.05) is 25.1 Å². The lowest BCUT2D eigenvalue weighted by molar-refractivity contribution is -0.124. The predicted molar refractivity (Wildman–Crippen MR) is 57.0 cm³/mol. The molecule has 1 fully saturated rings. The van der Waals surface area contributed by atoms with Gasteiger partial charge in [-0.05, 0) is 26.1 Å². The number of carbonyl (C=O) groups excluding carboxylic acids is 1. The zero-order valence-electron chi connectivity index (χ0n) is 8.30. The van der Waals surface area contributed by atoms with Crippen LogP contribution in [-0.4, -0.2) is 37.0 Å². The van der Waals surface area contributed by atoms with Crippen LogP contribution >= 0.6 is 11.8 Å². The summed E-state index contributed by atoms with van der Waals surface area (Å²) >= 11 is 1.76. The quantitative estimate of drug-likeness (QED) is 0.651. The molecule has 0 saturated carbocycles. The molecular formula is C9H18N2OS. The van der Waals surface area contributed by atoms with Gasteiger partial charge in [-0.1, -0.05) is 0 Å². The second kappa shape index (κ2) is 5.50. The zero-order chi connectivity index (χ0) is 9.68. The molecule has 0 aromatic heterocycles. The molecular weight excluding hydrogens is 184 g/mol. The molecule has 13 heavy (non-hydrogen) atoms. The summed E-state index contributed by atoms with van der Waals surface area (Å²) in [5, 5.41) is 6.23. The fourth-order valence-corrected chi connectivity index (χ4v) is 1.93. The lowest BCUT2D eigenvalue weighted by Gasteiger charge is -2.14. The monoisotopic (exact) mass is 202 g/mol. The van der Waals surface area contributed by atoms with Crippen LogP contribution in [0.15, 0.2) is 0 Å². The second-order valence-electron chi connectivity index (χ2n) is 3.42. The molecule has 1 saturated heterocycles. The topological polar surface area (TPSA) is 41.1 Å². The van der Waals surface area contributed by atoms with E-state index in [9.17, 15) is 4.79 Å². The number of carbonyl (C=O) groups is 1. The average Bonchev–Trinajstić information content (AvgIpc) is 2.52. The summed E-state index contributed by atoms with van der Waals surface area (Å²) in [7, 11) is 0. The molecule has 2 N–H and O–H groups in total. The van der Waals surface area contributed by atoms with Gasteiger partial charge in [0.15, 0.2) is 0 Å². The van der Waals surface area contributed by atoms with Gasteiger partial charge in [-0.3, -0.25) is 4.79 Å². The lowest BCUT2D eigenvalue weighted by Crippen LogP contribution is -2.37. The number of thioether (sulfide) groups is 1. The van der Waals surface area contributed by atoms with Crippen LogP contribution in [0.5, 0.6) is 0 Å². The van der Waals surface area contributed by atoms with Gasteiger partial charge in [-0.25, -0.2) is 0 Å². The fourth-order valence-electron chi connectivity index (χ4n) is 1.62. The summed E-state index contributed by atoms with van der Waals surface area (Å²) in [6.07, 6.45) is 3.03. The Hall–Kier alpha value is -0.220. The van der Waals surface area contributed by atoms with Crippen molar-refractivity contribution < 1.29 is 4.79 Å². The number of hydrogen-bond donors (Lipinski definition) is 2. The van der Waals surface area contributed by atoms with Crippen molar-refractivity contribution in [3.63, 3.8) is 0 Å². The standard InChI is InChI=1S/C9H18N2OS/c1-7-8(3-4-10-7)9(12)11-5-6-13-2/h7-8,10H,3-6H2,1-2H3,(H,11,12). The highest BCUT2D eigenvalue weighted by Gasteiger charge is 2.28. The van der Waals surface area contributed by atoms with Crippen LogP contribution in [0.2, 0.25) is 0 Å². The van der Waals surface area contributed by atoms with Crippen LogP contribution in [0.25, 0.3) is 0 Å². The SMILES string of the molecule is CSCCNC(=O)C1CCNC1C. The molecule has 0 bridgehead atoms. The van der Waals surface area contributed by atoms with Crippen LogP contribution in [0.3, 0.4) is 0 Å². The van der Waals surface area contributed by atoms with Gasteiger partial charge >= 0.3 is 0 Å². The van der Waals surface area contributed by atoms with Gasteiger partial charge in [-0.15, -0.1) is 0 Å². The third-order valence-electron chi connectivity index (χ3n) is 2.47. The molecule has 1 aliphatic rings. The summed E-state index contributed by atoms with van der Waals surface area (Å²) in [4.78, 5) is 11.6. The Balaban J connectivity index is 2.22. The third-order valence-corrected chi connectivity index (χ3v) is 3.08. The van der Waals surface area contributed by atoms with E-state index in [0.717, 1.165) is 25.3 Å². The fraction of sp³-hybridized carbons (Fsp3) is 0.889. The third kappa shape index (κ3) is 3.19. The minimum Gasteiger partial charge on any atom is -0.355 e. The van der Waals surface area contributed by atoms with Gasteiger partial charge in [0.2, 0.25) is 5.91 Å². The van der Waals surface area contributed by atoms with Crippen molar-refractivity contribution in [1.29, 1.82) is 0 Å². The largest absolute Gasteiger partial charge is 0.355 e. The van der Waals surface area contributed by atoms with E-state index in [0.29, 0.717) is 6.04 Å². The molecule has 0 spiro atoms. The Morgan fingerprint density at radius 2 is 2.46 bits per heavy atom. The molecule has 1 aliphatic heterocycles. The number of hydrogen-bond acceptors (Lipinski definition) is 3. The maximum Gasteiger partial charge on any atom is 0.224 e. The Labute approximate surface area is 84.0 Å². The van der Waals surface area contributed by atoms with Crippen LogP contribution < -0.4 is 10.6 Å². The molecule has 2 atom stereocenters. The molecule has 4 heteroatoms. The summed E-state index contributed by atoms with van der Waals surface area (Å²) in [6.45, 7) is 3.84. The van der Waals surface area contributed by atoms with Crippen molar-refractivity contribution >= 4 is 17.7 Å². The molecule has 2 unspecified atom stereocenters. The Bertz CT molecular complexity index is 175. The van der Waals surface area contributed by atoms with Gasteiger partial charge in [-0.2, -0.15) is 11.8 Å². The van der Waals surface area contributed by atoms with Crippen molar-refractivity contribution in [3.05, 3.63) is 0 Å². The number of nitrogens with one attached hydrogen (secondary N) is 2. The molecule has 3 nitrogen and oxygen atoms in total. The highest BCUT2D eigenvalue weighted by Crippen LogP contribution is 2.14. The summed E-state index contributed by atoms with van der Waals surface area (Å²) < 4.78 is 0. The second-order valence-corrected chi connectivity index (χ2v) is 4.41. The molecule has 0 aliphatic carbocycles. The Morgan fingerprint density at radius 3 is 3.00 bits per heavy atom. The van der Waals surface area contributed by atoms with Gasteiger partial charge < -0.3 is 10.6 Å². The van der Waals surface area contributed by atoms with E-state index in [2.05, 4.69) is 17.6 Å². The summed E-state index contributed by atoms with van der Waals surface area (Å²) in [6, 6.07) is 0.342. The zero-order valence-corrected chi connectivity index (χ0v) is 9.12. The van der Waals surface area contributed by atoms with Gasteiger partial charge in [0.1, 0.15) is 0 Å². The van der Waals surface area contributed by atoms with E-state index >= 15 is 0 Å². The predicted octanol–water partition coefficient (Wildman–Crippen LogP) is 0.464. The van der Waals surface area contributed by atoms with Gasteiger partial charge in [0.05, 0.1) is 5.92 Å². The lowest BCUT2D eigenvalue weighted by atomic mass is 10.0. The van der Waals surface area contributed by atoms with E-state index in [1.54, 1.807) is 11.8 Å².